The van der Waals surface area contributed by atoms with Gasteiger partial charge >= 0.3 is 0 Å². The lowest BCUT2D eigenvalue weighted by molar-refractivity contribution is 0.0591. The molecule has 2 aromatic carbocycles. The van der Waals surface area contributed by atoms with Crippen molar-refractivity contribution in [3.05, 3.63) is 84.6 Å². The van der Waals surface area contributed by atoms with Crippen molar-refractivity contribution in [1.82, 2.24) is 24.9 Å². The lowest BCUT2D eigenvalue weighted by Gasteiger charge is -2.18. The Bertz CT molecular complexity index is 1820. The van der Waals surface area contributed by atoms with E-state index >= 15 is 0 Å². The minimum atomic E-state index is -0.855. The second-order valence-corrected chi connectivity index (χ2v) is 11.2. The number of nitrogens with zero attached hydrogens (tertiary/aromatic N) is 5. The van der Waals surface area contributed by atoms with Gasteiger partial charge in [0.1, 0.15) is 11.6 Å². The molecule has 0 radical (unpaired) electrons. The molecule has 0 atom stereocenters. The van der Waals surface area contributed by atoms with Crippen molar-refractivity contribution < 1.29 is 9.63 Å². The molecule has 10 heteroatoms. The summed E-state index contributed by atoms with van der Waals surface area (Å²) in [5.41, 5.74) is 5.03. The van der Waals surface area contributed by atoms with E-state index in [1.165, 1.54) is 11.9 Å². The van der Waals surface area contributed by atoms with Crippen LogP contribution in [0.1, 0.15) is 25.2 Å². The van der Waals surface area contributed by atoms with Crippen LogP contribution in [0.15, 0.2) is 82.7 Å². The van der Waals surface area contributed by atoms with Crippen molar-refractivity contribution in [2.75, 3.05) is 10.0 Å². The third kappa shape index (κ3) is 5.23. The van der Waals surface area contributed by atoms with Gasteiger partial charge in [0.15, 0.2) is 0 Å². The zero-order valence-electron chi connectivity index (χ0n) is 22.6. The first-order valence-corrected chi connectivity index (χ1v) is 13.7. The Labute approximate surface area is 235 Å². The van der Waals surface area contributed by atoms with Crippen molar-refractivity contribution in [3.63, 3.8) is 0 Å². The van der Waals surface area contributed by atoms with Gasteiger partial charge < -0.3 is 19.7 Å². The normalized spacial score (nSPS) is 11.8. The van der Waals surface area contributed by atoms with E-state index in [2.05, 4.69) is 44.3 Å². The van der Waals surface area contributed by atoms with Crippen LogP contribution >= 0.6 is 11.9 Å². The number of nitrogens with one attached hydrogen (secondary N) is 2. The number of aliphatic hydroxyl groups is 1. The highest BCUT2D eigenvalue weighted by Gasteiger charge is 2.18. The average Bonchev–Trinajstić information content (AvgIpc) is 3.53. The van der Waals surface area contributed by atoms with Crippen LogP contribution in [-0.2, 0) is 6.54 Å². The lowest BCUT2D eigenvalue weighted by Crippen LogP contribution is -2.26. The highest BCUT2D eigenvalue weighted by Crippen LogP contribution is 2.34. The number of hydrogen-bond acceptors (Lipinski definition) is 9. The number of aromatic nitrogens is 5. The molecule has 202 valence electrons. The number of fused-ring (bicyclic) bond motifs is 2. The third-order valence-electron chi connectivity index (χ3n) is 6.68. The molecule has 40 heavy (non-hydrogen) atoms. The maximum absolute atomic E-state index is 10.3. The van der Waals surface area contributed by atoms with E-state index in [1.54, 1.807) is 20.0 Å². The molecule has 9 nitrogen and oxygen atoms in total. The van der Waals surface area contributed by atoms with E-state index in [1.807, 2.05) is 66.6 Å². The number of pyridine rings is 2. The Morgan fingerprint density at radius 1 is 0.950 bits per heavy atom. The molecule has 0 spiro atoms. The number of benzene rings is 2. The second-order valence-electron chi connectivity index (χ2n) is 10.4. The summed E-state index contributed by atoms with van der Waals surface area (Å²) < 4.78 is 10.3. The van der Waals surface area contributed by atoms with E-state index in [9.17, 15) is 5.11 Å². The van der Waals surface area contributed by atoms with Crippen molar-refractivity contribution in [3.8, 4) is 11.3 Å². The van der Waals surface area contributed by atoms with E-state index in [-0.39, 0.29) is 0 Å². The summed E-state index contributed by atoms with van der Waals surface area (Å²) in [7, 11) is 0. The molecule has 3 N–H and O–H groups in total. The summed E-state index contributed by atoms with van der Waals surface area (Å²) in [4.78, 5) is 10.4. The summed E-state index contributed by atoms with van der Waals surface area (Å²) in [5, 5.41) is 25.1. The van der Waals surface area contributed by atoms with Crippen molar-refractivity contribution in [2.24, 2.45) is 0 Å². The van der Waals surface area contributed by atoms with Crippen molar-refractivity contribution in [2.45, 2.75) is 44.7 Å². The Morgan fingerprint density at radius 3 is 2.50 bits per heavy atom. The van der Waals surface area contributed by atoms with E-state index in [0.717, 1.165) is 66.3 Å². The molecule has 4 aromatic heterocycles. The molecule has 0 aliphatic heterocycles. The molecule has 0 saturated carbocycles. The Morgan fingerprint density at radius 2 is 1.75 bits per heavy atom. The second kappa shape index (κ2) is 10.3. The largest absolute Gasteiger partial charge is 0.389 e. The highest BCUT2D eigenvalue weighted by atomic mass is 32.2. The molecule has 0 bridgehead atoms. The summed E-state index contributed by atoms with van der Waals surface area (Å²) in [6.07, 6.45) is 7.25. The highest BCUT2D eigenvalue weighted by molar-refractivity contribution is 8.00. The smallest absolute Gasteiger partial charge is 0.148 e. The van der Waals surface area contributed by atoms with Gasteiger partial charge in [-0.05, 0) is 87.7 Å². The SMILES string of the molecule is Cc1oncc1SNc1ccc(Nc2cc3c(-c4ccc5c(cnn5CC(C)(C)O)c4C)nccc3cn2)cc1. The quantitative estimate of drug-likeness (QED) is 0.174. The molecule has 0 aliphatic rings. The summed E-state index contributed by atoms with van der Waals surface area (Å²) in [6.45, 7) is 7.96. The maximum Gasteiger partial charge on any atom is 0.148 e. The fourth-order valence-corrected chi connectivity index (χ4v) is 5.30. The van der Waals surface area contributed by atoms with Crippen LogP contribution in [0.3, 0.4) is 0 Å². The van der Waals surface area contributed by atoms with Crippen LogP contribution in [0.25, 0.3) is 32.9 Å². The van der Waals surface area contributed by atoms with E-state index < -0.39 is 5.60 Å². The van der Waals surface area contributed by atoms with Gasteiger partial charge in [-0.2, -0.15) is 5.10 Å². The van der Waals surface area contributed by atoms with Gasteiger partial charge in [0, 0.05) is 45.5 Å². The predicted octanol–water partition coefficient (Wildman–Crippen LogP) is 6.89. The fraction of sp³-hybridized carbons (Fsp3) is 0.200. The summed E-state index contributed by atoms with van der Waals surface area (Å²) in [6, 6.07) is 16.2. The maximum atomic E-state index is 10.3. The molecule has 4 heterocycles. The number of rotatable bonds is 8. The van der Waals surface area contributed by atoms with Gasteiger partial charge in [-0.15, -0.1) is 0 Å². The number of anilines is 3. The molecule has 0 saturated heterocycles. The van der Waals surface area contributed by atoms with Gasteiger partial charge in [0.2, 0.25) is 0 Å². The predicted molar refractivity (Wildman–Crippen MR) is 160 cm³/mol. The van der Waals surface area contributed by atoms with Gasteiger partial charge in [-0.25, -0.2) is 4.98 Å². The molecule has 6 rings (SSSR count). The topological polar surface area (TPSA) is 114 Å². The standard InChI is InChI=1S/C30H29N7O2S/c1-18-23(9-10-26-25(18)15-33-37(26)17-30(3,4)38)29-24-13-28(32-14-20(24)11-12-31-29)35-21-5-7-22(8-6-21)36-40-27-16-34-39-19(27)2/h5-16,36,38H,17H2,1-4H3,(H,32,35). The first-order chi connectivity index (χ1) is 19.2. The first-order valence-electron chi connectivity index (χ1n) is 12.9. The van der Waals surface area contributed by atoms with Crippen LogP contribution in [-0.4, -0.2) is 35.6 Å². The molecule has 0 fully saturated rings. The van der Waals surface area contributed by atoms with E-state index in [4.69, 9.17) is 9.51 Å². The molecule has 0 aliphatic carbocycles. The minimum absolute atomic E-state index is 0.417. The third-order valence-corrected chi connectivity index (χ3v) is 7.63. The van der Waals surface area contributed by atoms with Crippen LogP contribution in [0.4, 0.5) is 17.2 Å². The molecule has 0 amide bonds. The average molecular weight is 552 g/mol. The lowest BCUT2D eigenvalue weighted by atomic mass is 9.98. The Balaban J connectivity index is 1.27. The molecular weight excluding hydrogens is 522 g/mol. The Hall–Kier alpha value is -4.41. The van der Waals surface area contributed by atoms with Gasteiger partial charge in [0.05, 0.1) is 40.6 Å². The van der Waals surface area contributed by atoms with Crippen LogP contribution < -0.4 is 10.0 Å². The number of hydrogen-bond donors (Lipinski definition) is 3. The summed E-state index contributed by atoms with van der Waals surface area (Å²) >= 11 is 1.46. The van der Waals surface area contributed by atoms with Gasteiger partial charge in [-0.1, -0.05) is 11.2 Å². The summed E-state index contributed by atoms with van der Waals surface area (Å²) in [5.74, 6) is 1.51. The first kappa shape index (κ1) is 25.8. The monoisotopic (exact) mass is 551 g/mol. The van der Waals surface area contributed by atoms with Crippen LogP contribution in [0.2, 0.25) is 0 Å². The van der Waals surface area contributed by atoms with Gasteiger partial charge in [-0.3, -0.25) is 9.67 Å². The Kier molecular flexibility index (Phi) is 6.65. The minimum Gasteiger partial charge on any atom is -0.389 e. The number of aryl methyl sites for hydroxylation is 2. The van der Waals surface area contributed by atoms with Crippen molar-refractivity contribution in [1.29, 1.82) is 0 Å². The zero-order valence-corrected chi connectivity index (χ0v) is 23.5. The molecule has 6 aromatic rings. The van der Waals surface area contributed by atoms with Crippen LogP contribution in [0.5, 0.6) is 0 Å². The fourth-order valence-electron chi connectivity index (χ4n) is 4.66. The van der Waals surface area contributed by atoms with Crippen LogP contribution in [0, 0.1) is 13.8 Å². The van der Waals surface area contributed by atoms with Crippen molar-refractivity contribution >= 4 is 50.8 Å². The molecule has 0 unspecified atom stereocenters. The van der Waals surface area contributed by atoms with E-state index in [0.29, 0.717) is 6.54 Å². The van der Waals surface area contributed by atoms with Gasteiger partial charge in [0.25, 0.3) is 0 Å². The zero-order chi connectivity index (χ0) is 27.9. The molecular formula is C30H29N7O2S.